The van der Waals surface area contributed by atoms with Gasteiger partial charge in [-0.1, -0.05) is 11.6 Å². The van der Waals surface area contributed by atoms with Crippen LogP contribution in [0.1, 0.15) is 18.4 Å². The first-order chi connectivity index (χ1) is 10.5. The maximum absolute atomic E-state index is 11.4. The smallest absolute Gasteiger partial charge is 0.311 e. The lowest BCUT2D eigenvalue weighted by Gasteiger charge is -2.30. The molecule has 1 aromatic carbocycles. The summed E-state index contributed by atoms with van der Waals surface area (Å²) in [6, 6.07) is 6.11. The molecule has 1 aromatic heterocycles. The van der Waals surface area contributed by atoms with Crippen molar-refractivity contribution in [1.82, 2.24) is 9.88 Å². The van der Waals surface area contributed by atoms with Crippen LogP contribution < -0.4 is 5.32 Å². The Hall–Kier alpha value is -2.21. The fourth-order valence-electron chi connectivity index (χ4n) is 2.94. The van der Waals surface area contributed by atoms with Crippen LogP contribution in [0.15, 0.2) is 24.4 Å². The van der Waals surface area contributed by atoms with Crippen LogP contribution in [0, 0.1) is 17.0 Å². The summed E-state index contributed by atoms with van der Waals surface area (Å²) in [4.78, 5) is 17.5. The van der Waals surface area contributed by atoms with Gasteiger partial charge in [0.15, 0.2) is 0 Å². The summed E-state index contributed by atoms with van der Waals surface area (Å²) < 4.78 is 0. The number of hydrogen-bond donors (Lipinski definition) is 1. The number of fused-ring (bicyclic) bond motifs is 1. The van der Waals surface area contributed by atoms with Crippen LogP contribution in [0.5, 0.6) is 0 Å². The number of hydrogen-bond acceptors (Lipinski definition) is 5. The first-order valence-electron chi connectivity index (χ1n) is 7.53. The number of nitrogens with one attached hydrogen (secondary N) is 1. The number of aromatic nitrogens is 1. The number of nitro groups is 1. The standard InChI is InChI=1S/C16H20N4O2/c1-11-3-4-14-13(9-11)16(15(10-17-14)20(21)22)18-12-5-7-19(2)8-6-12/h3-4,9-10,12H,5-8H2,1-2H3,(H,17,18). The quantitative estimate of drug-likeness (QED) is 0.697. The van der Waals surface area contributed by atoms with Crippen molar-refractivity contribution in [2.75, 3.05) is 25.5 Å². The molecule has 6 nitrogen and oxygen atoms in total. The van der Waals surface area contributed by atoms with Gasteiger partial charge in [-0.3, -0.25) is 10.1 Å². The van der Waals surface area contributed by atoms with Gasteiger partial charge in [-0.2, -0.15) is 0 Å². The van der Waals surface area contributed by atoms with E-state index in [1.54, 1.807) is 0 Å². The second kappa shape index (κ2) is 5.88. The molecule has 6 heteroatoms. The summed E-state index contributed by atoms with van der Waals surface area (Å²) in [5.74, 6) is 0. The molecule has 0 aliphatic carbocycles. The second-order valence-electron chi connectivity index (χ2n) is 6.02. The number of pyridine rings is 1. The van der Waals surface area contributed by atoms with E-state index in [-0.39, 0.29) is 16.7 Å². The molecule has 1 fully saturated rings. The lowest BCUT2D eigenvalue weighted by atomic mass is 10.0. The summed E-state index contributed by atoms with van der Waals surface area (Å²) >= 11 is 0. The van der Waals surface area contributed by atoms with Gasteiger partial charge in [0, 0.05) is 11.4 Å². The molecule has 22 heavy (non-hydrogen) atoms. The number of likely N-dealkylation sites (tertiary alicyclic amines) is 1. The Morgan fingerprint density at radius 2 is 2.09 bits per heavy atom. The van der Waals surface area contributed by atoms with Gasteiger partial charge in [-0.05, 0) is 52.0 Å². The van der Waals surface area contributed by atoms with E-state index >= 15 is 0 Å². The van der Waals surface area contributed by atoms with E-state index in [4.69, 9.17) is 0 Å². The molecule has 0 bridgehead atoms. The maximum atomic E-state index is 11.4. The van der Waals surface area contributed by atoms with Gasteiger partial charge in [0.1, 0.15) is 11.9 Å². The van der Waals surface area contributed by atoms with Crippen LogP contribution >= 0.6 is 0 Å². The van der Waals surface area contributed by atoms with Crippen molar-refractivity contribution in [3.8, 4) is 0 Å². The molecular formula is C16H20N4O2. The van der Waals surface area contributed by atoms with E-state index in [0.717, 1.165) is 42.4 Å². The Morgan fingerprint density at radius 1 is 1.36 bits per heavy atom. The highest BCUT2D eigenvalue weighted by molar-refractivity contribution is 5.96. The lowest BCUT2D eigenvalue weighted by molar-refractivity contribution is -0.384. The third-order valence-corrected chi connectivity index (χ3v) is 4.27. The number of anilines is 1. The lowest BCUT2D eigenvalue weighted by Crippen LogP contribution is -2.36. The van der Waals surface area contributed by atoms with Crippen LogP contribution in [0.2, 0.25) is 0 Å². The van der Waals surface area contributed by atoms with E-state index in [0.29, 0.717) is 5.69 Å². The number of piperidine rings is 1. The Balaban J connectivity index is 2.02. The second-order valence-corrected chi connectivity index (χ2v) is 6.02. The molecule has 0 radical (unpaired) electrons. The highest BCUT2D eigenvalue weighted by Crippen LogP contribution is 2.33. The average Bonchev–Trinajstić information content (AvgIpc) is 2.49. The summed E-state index contributed by atoms with van der Waals surface area (Å²) in [6.07, 6.45) is 3.33. The van der Waals surface area contributed by atoms with Gasteiger partial charge in [0.2, 0.25) is 0 Å². The van der Waals surface area contributed by atoms with Crippen molar-refractivity contribution in [2.24, 2.45) is 0 Å². The average molecular weight is 300 g/mol. The van der Waals surface area contributed by atoms with Crippen molar-refractivity contribution in [1.29, 1.82) is 0 Å². The molecule has 1 saturated heterocycles. The zero-order valence-corrected chi connectivity index (χ0v) is 12.9. The molecule has 0 spiro atoms. The Kier molecular flexibility index (Phi) is 3.94. The number of nitrogens with zero attached hydrogens (tertiary/aromatic N) is 3. The van der Waals surface area contributed by atoms with Crippen molar-refractivity contribution in [2.45, 2.75) is 25.8 Å². The van der Waals surface area contributed by atoms with Crippen molar-refractivity contribution in [3.05, 3.63) is 40.1 Å². The number of benzene rings is 1. The summed E-state index contributed by atoms with van der Waals surface area (Å²) in [7, 11) is 2.10. The fraction of sp³-hybridized carbons (Fsp3) is 0.438. The van der Waals surface area contributed by atoms with Gasteiger partial charge in [-0.15, -0.1) is 0 Å². The van der Waals surface area contributed by atoms with Crippen LogP contribution in [0.4, 0.5) is 11.4 Å². The molecule has 0 amide bonds. The van der Waals surface area contributed by atoms with E-state index in [1.807, 2.05) is 25.1 Å². The van der Waals surface area contributed by atoms with E-state index in [1.165, 1.54) is 6.20 Å². The van der Waals surface area contributed by atoms with Crippen LogP contribution in [0.3, 0.4) is 0 Å². The fourth-order valence-corrected chi connectivity index (χ4v) is 2.94. The minimum Gasteiger partial charge on any atom is -0.376 e. The van der Waals surface area contributed by atoms with E-state index in [2.05, 4.69) is 22.2 Å². The third-order valence-electron chi connectivity index (χ3n) is 4.27. The summed E-state index contributed by atoms with van der Waals surface area (Å²) in [5, 5.41) is 15.6. The number of aryl methyl sites for hydroxylation is 1. The molecule has 1 aliphatic heterocycles. The minimum atomic E-state index is -0.355. The predicted octanol–water partition coefficient (Wildman–Crippen LogP) is 2.96. The molecule has 1 aliphatic rings. The SMILES string of the molecule is Cc1ccc2ncc([N+](=O)[O-])c(NC3CCN(C)CC3)c2c1. The highest BCUT2D eigenvalue weighted by Gasteiger charge is 2.23. The molecule has 0 atom stereocenters. The minimum absolute atomic E-state index is 0.0528. The van der Waals surface area contributed by atoms with Gasteiger partial charge in [0.25, 0.3) is 0 Å². The zero-order chi connectivity index (χ0) is 15.7. The molecule has 116 valence electrons. The highest BCUT2D eigenvalue weighted by atomic mass is 16.6. The van der Waals surface area contributed by atoms with Gasteiger partial charge in [-0.25, -0.2) is 4.98 Å². The molecule has 2 aromatic rings. The summed E-state index contributed by atoms with van der Waals surface area (Å²) in [5.41, 5.74) is 2.51. The van der Waals surface area contributed by atoms with Gasteiger partial charge < -0.3 is 10.2 Å². The molecule has 0 saturated carbocycles. The Labute approximate surface area is 129 Å². The largest absolute Gasteiger partial charge is 0.376 e. The van der Waals surface area contributed by atoms with Crippen LogP contribution in [-0.4, -0.2) is 41.0 Å². The van der Waals surface area contributed by atoms with Gasteiger partial charge >= 0.3 is 5.69 Å². The van der Waals surface area contributed by atoms with Crippen molar-refractivity contribution >= 4 is 22.3 Å². The van der Waals surface area contributed by atoms with E-state index in [9.17, 15) is 10.1 Å². The summed E-state index contributed by atoms with van der Waals surface area (Å²) in [6.45, 7) is 4.00. The van der Waals surface area contributed by atoms with E-state index < -0.39 is 0 Å². The predicted molar refractivity (Wildman–Crippen MR) is 87.3 cm³/mol. The Bertz CT molecular complexity index is 709. The van der Waals surface area contributed by atoms with Gasteiger partial charge in [0.05, 0.1) is 10.4 Å². The molecule has 1 N–H and O–H groups in total. The monoisotopic (exact) mass is 300 g/mol. The third kappa shape index (κ3) is 2.87. The first-order valence-corrected chi connectivity index (χ1v) is 7.53. The van der Waals surface area contributed by atoms with Crippen LogP contribution in [-0.2, 0) is 0 Å². The topological polar surface area (TPSA) is 71.3 Å². The molecule has 3 rings (SSSR count). The molecular weight excluding hydrogens is 280 g/mol. The van der Waals surface area contributed by atoms with Crippen LogP contribution in [0.25, 0.3) is 10.9 Å². The molecule has 2 heterocycles. The van der Waals surface area contributed by atoms with Crippen molar-refractivity contribution in [3.63, 3.8) is 0 Å². The molecule has 0 unspecified atom stereocenters. The normalized spacial score (nSPS) is 16.8. The Morgan fingerprint density at radius 3 is 2.77 bits per heavy atom. The maximum Gasteiger partial charge on any atom is 0.311 e. The zero-order valence-electron chi connectivity index (χ0n) is 12.9. The number of rotatable bonds is 3. The first kappa shape index (κ1) is 14.7. The van der Waals surface area contributed by atoms with Crippen molar-refractivity contribution < 1.29 is 4.92 Å².